The van der Waals surface area contributed by atoms with Gasteiger partial charge in [-0.1, -0.05) is 231 Å². The summed E-state index contributed by atoms with van der Waals surface area (Å²) in [7, 11) is 0. The van der Waals surface area contributed by atoms with Crippen molar-refractivity contribution in [3.63, 3.8) is 0 Å². The van der Waals surface area contributed by atoms with Crippen molar-refractivity contribution in [1.82, 2.24) is 0 Å². The summed E-state index contributed by atoms with van der Waals surface area (Å²) in [6.45, 7) is 0. The highest BCUT2D eigenvalue weighted by Crippen LogP contribution is 2.48. The predicted molar refractivity (Wildman–Crippen MR) is 267 cm³/mol. The van der Waals surface area contributed by atoms with Crippen LogP contribution in [0.3, 0.4) is 0 Å². The lowest BCUT2D eigenvalue weighted by atomic mass is 9.83. The molecule has 0 N–H and O–H groups in total. The van der Waals surface area contributed by atoms with Crippen LogP contribution in [0.25, 0.3) is 121 Å². The second kappa shape index (κ2) is 14.9. The van der Waals surface area contributed by atoms with Crippen molar-refractivity contribution in [3.8, 4) is 66.8 Å². The van der Waals surface area contributed by atoms with Gasteiger partial charge in [-0.25, -0.2) is 0 Å². The molecule has 0 aliphatic heterocycles. The van der Waals surface area contributed by atoms with Crippen LogP contribution in [0, 0.1) is 0 Å². The van der Waals surface area contributed by atoms with Crippen molar-refractivity contribution in [2.45, 2.75) is 0 Å². The van der Waals surface area contributed by atoms with E-state index in [0.29, 0.717) is 0 Å². The molecule has 0 aliphatic carbocycles. The molecule has 0 saturated carbocycles. The van der Waals surface area contributed by atoms with E-state index in [4.69, 9.17) is 0 Å². The minimum atomic E-state index is 1.21. The number of fused-ring (bicyclic) bond motifs is 11. The first-order valence-electron chi connectivity index (χ1n) is 21.5. The molecule has 0 nitrogen and oxygen atoms in total. The average molecular weight is 785 g/mol. The maximum Gasteiger partial charge on any atom is -0.00139 e. The summed E-state index contributed by atoms with van der Waals surface area (Å²) in [5, 5.41) is 12.7. The second-order valence-electron chi connectivity index (χ2n) is 16.3. The Morgan fingerprint density at radius 2 is 0.435 bits per heavy atom. The van der Waals surface area contributed by atoms with Crippen LogP contribution in [0.2, 0.25) is 0 Å². The van der Waals surface area contributed by atoms with E-state index in [0.717, 1.165) is 0 Å². The average Bonchev–Trinajstić information content (AvgIpc) is 3.36. The summed E-state index contributed by atoms with van der Waals surface area (Å²) >= 11 is 0. The lowest BCUT2D eigenvalue weighted by Crippen LogP contribution is -1.93. The molecule has 0 heterocycles. The van der Waals surface area contributed by atoms with Crippen LogP contribution in [0.15, 0.2) is 243 Å². The third kappa shape index (κ3) is 5.84. The molecule has 288 valence electrons. The Kier molecular flexibility index (Phi) is 8.61. The number of hydrogen-bond acceptors (Lipinski definition) is 0. The van der Waals surface area contributed by atoms with Gasteiger partial charge >= 0.3 is 0 Å². The Morgan fingerprint density at radius 1 is 0.161 bits per heavy atom. The summed E-state index contributed by atoms with van der Waals surface area (Å²) in [4.78, 5) is 0. The van der Waals surface area contributed by atoms with Crippen molar-refractivity contribution in [2.75, 3.05) is 0 Å². The van der Waals surface area contributed by atoms with Crippen LogP contribution < -0.4 is 0 Å². The highest BCUT2D eigenvalue weighted by atomic mass is 14.2. The van der Waals surface area contributed by atoms with Crippen LogP contribution in [0.4, 0.5) is 0 Å². The van der Waals surface area contributed by atoms with Gasteiger partial charge in [-0.2, -0.15) is 0 Å². The minimum absolute atomic E-state index is 1.21. The van der Waals surface area contributed by atoms with Gasteiger partial charge in [-0.05, 0) is 133 Å². The van der Waals surface area contributed by atoms with Crippen LogP contribution in [-0.2, 0) is 0 Å². The monoisotopic (exact) mass is 784 g/mol. The van der Waals surface area contributed by atoms with Crippen LogP contribution in [0.5, 0.6) is 0 Å². The Hall–Kier alpha value is -8.06. The molecule has 0 radical (unpaired) electrons. The third-order valence-corrected chi connectivity index (χ3v) is 12.8. The van der Waals surface area contributed by atoms with E-state index < -0.39 is 0 Å². The standard InChI is InChI=1S/C62H40/c1-5-19-41(20-6-1)47-31-17-32-48(42-21-7-2-8-22-42)59(47)45-35-37-55-57(39-45)51-27-13-15-29-53(51)62-56-38-36-46(40-58(56)52-28-14-16-30-54(52)61(55)62)60-49(43-23-9-3-10-24-43)33-18-34-50(60)44-25-11-4-12-26-44/h1-40H. The molecule has 0 aliphatic rings. The molecule has 0 aromatic heterocycles. The Labute approximate surface area is 361 Å². The van der Waals surface area contributed by atoms with E-state index in [1.807, 2.05) is 0 Å². The van der Waals surface area contributed by atoms with E-state index >= 15 is 0 Å². The summed E-state index contributed by atoms with van der Waals surface area (Å²) in [6.07, 6.45) is 0. The van der Waals surface area contributed by atoms with Crippen LogP contribution in [-0.4, -0.2) is 0 Å². The Morgan fingerprint density at radius 3 is 0.758 bits per heavy atom. The second-order valence-corrected chi connectivity index (χ2v) is 16.3. The molecule has 12 aromatic carbocycles. The van der Waals surface area contributed by atoms with E-state index in [-0.39, 0.29) is 0 Å². The fraction of sp³-hybridized carbons (Fsp3) is 0. The number of rotatable bonds is 6. The molecule has 0 fully saturated rings. The molecule has 0 amide bonds. The number of benzene rings is 12. The van der Waals surface area contributed by atoms with Gasteiger partial charge in [0.2, 0.25) is 0 Å². The first-order valence-corrected chi connectivity index (χ1v) is 21.5. The normalized spacial score (nSPS) is 11.5. The van der Waals surface area contributed by atoms with Gasteiger partial charge in [-0.15, -0.1) is 0 Å². The molecule has 0 atom stereocenters. The Balaban J connectivity index is 1.15. The molecule has 0 heteroatoms. The summed E-state index contributed by atoms with van der Waals surface area (Å²) < 4.78 is 0. The zero-order valence-corrected chi connectivity index (χ0v) is 34.1. The van der Waals surface area contributed by atoms with E-state index in [1.54, 1.807) is 0 Å². The van der Waals surface area contributed by atoms with E-state index in [1.165, 1.54) is 121 Å². The number of hydrogen-bond donors (Lipinski definition) is 0. The van der Waals surface area contributed by atoms with E-state index in [9.17, 15) is 0 Å². The maximum atomic E-state index is 2.46. The lowest BCUT2D eigenvalue weighted by molar-refractivity contribution is 1.57. The molecule has 0 unspecified atom stereocenters. The molecule has 12 rings (SSSR count). The first kappa shape index (κ1) is 35.8. The maximum absolute atomic E-state index is 2.46. The fourth-order valence-electron chi connectivity index (χ4n) is 10.1. The van der Waals surface area contributed by atoms with Gasteiger partial charge in [0.1, 0.15) is 0 Å². The zero-order valence-electron chi connectivity index (χ0n) is 34.1. The van der Waals surface area contributed by atoms with Gasteiger partial charge in [0.25, 0.3) is 0 Å². The molecular formula is C62H40. The van der Waals surface area contributed by atoms with Gasteiger partial charge in [0, 0.05) is 0 Å². The summed E-state index contributed by atoms with van der Waals surface area (Å²) in [5.74, 6) is 0. The molecule has 0 bridgehead atoms. The quantitative estimate of drug-likeness (QED) is 0.147. The van der Waals surface area contributed by atoms with Gasteiger partial charge in [0.05, 0.1) is 0 Å². The predicted octanol–water partition coefficient (Wildman–Crippen LogP) is 17.5. The summed E-state index contributed by atoms with van der Waals surface area (Å²) in [6, 6.07) is 89.3. The molecular weight excluding hydrogens is 745 g/mol. The summed E-state index contributed by atoms with van der Waals surface area (Å²) in [5.41, 5.74) is 14.7. The molecule has 0 saturated heterocycles. The fourth-order valence-corrected chi connectivity index (χ4v) is 10.1. The molecule has 12 aromatic rings. The zero-order chi connectivity index (χ0) is 41.0. The van der Waals surface area contributed by atoms with Gasteiger partial charge in [0.15, 0.2) is 0 Å². The lowest BCUT2D eigenvalue weighted by Gasteiger charge is -2.20. The topological polar surface area (TPSA) is 0 Å². The largest absolute Gasteiger partial charge is 0.0622 e. The van der Waals surface area contributed by atoms with E-state index in [2.05, 4.69) is 243 Å². The smallest absolute Gasteiger partial charge is 0.00139 e. The van der Waals surface area contributed by atoms with Crippen molar-refractivity contribution in [2.24, 2.45) is 0 Å². The molecule has 62 heavy (non-hydrogen) atoms. The van der Waals surface area contributed by atoms with Crippen LogP contribution >= 0.6 is 0 Å². The van der Waals surface area contributed by atoms with Crippen molar-refractivity contribution >= 4 is 53.9 Å². The third-order valence-electron chi connectivity index (χ3n) is 12.8. The first-order chi connectivity index (χ1) is 30.8. The van der Waals surface area contributed by atoms with Crippen molar-refractivity contribution < 1.29 is 0 Å². The highest BCUT2D eigenvalue weighted by Gasteiger charge is 2.21. The highest BCUT2D eigenvalue weighted by molar-refractivity contribution is 6.39. The molecule has 0 spiro atoms. The van der Waals surface area contributed by atoms with Crippen LogP contribution in [0.1, 0.15) is 0 Å². The van der Waals surface area contributed by atoms with Crippen molar-refractivity contribution in [1.29, 1.82) is 0 Å². The van der Waals surface area contributed by atoms with Crippen molar-refractivity contribution in [3.05, 3.63) is 243 Å². The SMILES string of the molecule is c1ccc(-c2cccc(-c3ccccc3)c2-c2ccc3c(c2)c2ccccc2c2c4ccc(-c5c(-c6ccccc6)cccc5-c5ccccc5)cc4c4ccccc4c32)cc1. The van der Waals surface area contributed by atoms with Gasteiger partial charge < -0.3 is 0 Å². The minimum Gasteiger partial charge on any atom is -0.0622 e. The Bertz CT molecular complexity index is 3280. The van der Waals surface area contributed by atoms with Gasteiger partial charge in [-0.3, -0.25) is 0 Å².